The second kappa shape index (κ2) is 4.54. The molecule has 1 aliphatic rings. The van der Waals surface area contributed by atoms with Gasteiger partial charge in [-0.25, -0.2) is 0 Å². The summed E-state index contributed by atoms with van der Waals surface area (Å²) in [6, 6.07) is 13.6. The second-order valence-corrected chi connectivity index (χ2v) is 4.76. The molecule has 0 spiro atoms. The first kappa shape index (κ1) is 11.4. The molecule has 92 valence electrons. The standard InChI is InChI=1S/C15H13ClO2/c1-10-9-17-14-8-4-6-12(15(14)18-10)11-5-2-3-7-13(11)16/h2-8,10H,9H2,1H3. The van der Waals surface area contributed by atoms with Crippen molar-refractivity contribution in [3.63, 3.8) is 0 Å². The number of para-hydroxylation sites is 1. The number of hydrogen-bond donors (Lipinski definition) is 0. The fourth-order valence-corrected chi connectivity index (χ4v) is 2.32. The predicted molar refractivity (Wildman–Crippen MR) is 72.5 cm³/mol. The van der Waals surface area contributed by atoms with Crippen molar-refractivity contribution in [2.45, 2.75) is 13.0 Å². The van der Waals surface area contributed by atoms with Crippen molar-refractivity contribution < 1.29 is 9.47 Å². The third-order valence-corrected chi connectivity index (χ3v) is 3.27. The molecule has 0 N–H and O–H groups in total. The van der Waals surface area contributed by atoms with E-state index >= 15 is 0 Å². The van der Waals surface area contributed by atoms with Crippen LogP contribution in [0.1, 0.15) is 6.92 Å². The molecular weight excluding hydrogens is 248 g/mol. The molecule has 0 aliphatic carbocycles. The van der Waals surface area contributed by atoms with Gasteiger partial charge in [0, 0.05) is 16.1 Å². The Morgan fingerprint density at radius 2 is 1.83 bits per heavy atom. The van der Waals surface area contributed by atoms with Crippen LogP contribution in [0.25, 0.3) is 11.1 Å². The Hall–Kier alpha value is -1.67. The number of rotatable bonds is 1. The van der Waals surface area contributed by atoms with Gasteiger partial charge in [-0.2, -0.15) is 0 Å². The van der Waals surface area contributed by atoms with Crippen LogP contribution in [0.15, 0.2) is 42.5 Å². The van der Waals surface area contributed by atoms with E-state index < -0.39 is 0 Å². The normalized spacial score (nSPS) is 17.6. The van der Waals surface area contributed by atoms with E-state index in [1.165, 1.54) is 0 Å². The first-order chi connectivity index (χ1) is 8.75. The lowest BCUT2D eigenvalue weighted by atomic mass is 10.0. The lowest BCUT2D eigenvalue weighted by Crippen LogP contribution is -2.26. The summed E-state index contributed by atoms with van der Waals surface area (Å²) in [5.74, 6) is 1.56. The number of fused-ring (bicyclic) bond motifs is 1. The molecule has 2 aromatic carbocycles. The molecule has 18 heavy (non-hydrogen) atoms. The van der Waals surface area contributed by atoms with Crippen LogP contribution in [0.4, 0.5) is 0 Å². The molecule has 1 unspecified atom stereocenters. The topological polar surface area (TPSA) is 18.5 Å². The third-order valence-electron chi connectivity index (χ3n) is 2.94. The van der Waals surface area contributed by atoms with Crippen molar-refractivity contribution in [1.29, 1.82) is 0 Å². The molecule has 2 nitrogen and oxygen atoms in total. The summed E-state index contributed by atoms with van der Waals surface area (Å²) in [6.45, 7) is 2.57. The van der Waals surface area contributed by atoms with Crippen LogP contribution in [0, 0.1) is 0 Å². The summed E-state index contributed by atoms with van der Waals surface area (Å²) in [5, 5.41) is 0.715. The van der Waals surface area contributed by atoms with Crippen molar-refractivity contribution >= 4 is 11.6 Å². The molecule has 1 aliphatic heterocycles. The van der Waals surface area contributed by atoms with Gasteiger partial charge in [0.05, 0.1) is 0 Å². The van der Waals surface area contributed by atoms with E-state index in [0.717, 1.165) is 22.6 Å². The lowest BCUT2D eigenvalue weighted by Gasteiger charge is -2.26. The Balaban J connectivity index is 2.16. The van der Waals surface area contributed by atoms with Crippen LogP contribution >= 0.6 is 11.6 Å². The van der Waals surface area contributed by atoms with Crippen molar-refractivity contribution in [3.05, 3.63) is 47.5 Å². The fraction of sp³-hybridized carbons (Fsp3) is 0.200. The zero-order valence-corrected chi connectivity index (χ0v) is 10.8. The summed E-state index contributed by atoms with van der Waals surface area (Å²) in [4.78, 5) is 0. The van der Waals surface area contributed by atoms with Crippen LogP contribution in [0.2, 0.25) is 5.02 Å². The van der Waals surface area contributed by atoms with E-state index in [4.69, 9.17) is 21.1 Å². The molecule has 1 atom stereocenters. The van der Waals surface area contributed by atoms with Crippen molar-refractivity contribution in [3.8, 4) is 22.6 Å². The summed E-state index contributed by atoms with van der Waals surface area (Å²) >= 11 is 6.24. The summed E-state index contributed by atoms with van der Waals surface area (Å²) in [5.41, 5.74) is 1.94. The van der Waals surface area contributed by atoms with E-state index in [-0.39, 0.29) is 6.10 Å². The van der Waals surface area contributed by atoms with Gasteiger partial charge in [-0.1, -0.05) is 41.9 Å². The molecule has 2 aromatic rings. The maximum Gasteiger partial charge on any atom is 0.169 e. The maximum absolute atomic E-state index is 6.24. The highest BCUT2D eigenvalue weighted by Crippen LogP contribution is 2.42. The predicted octanol–water partition coefficient (Wildman–Crippen LogP) is 4.17. The molecule has 0 radical (unpaired) electrons. The van der Waals surface area contributed by atoms with Gasteiger partial charge in [0.1, 0.15) is 12.7 Å². The zero-order chi connectivity index (χ0) is 12.5. The van der Waals surface area contributed by atoms with Crippen molar-refractivity contribution in [2.75, 3.05) is 6.61 Å². The number of ether oxygens (including phenoxy) is 2. The Morgan fingerprint density at radius 3 is 2.67 bits per heavy atom. The fourth-order valence-electron chi connectivity index (χ4n) is 2.09. The van der Waals surface area contributed by atoms with Gasteiger partial charge in [-0.15, -0.1) is 0 Å². The molecule has 3 rings (SSSR count). The Kier molecular flexibility index (Phi) is 2.88. The maximum atomic E-state index is 6.24. The highest BCUT2D eigenvalue weighted by Gasteiger charge is 2.21. The average molecular weight is 261 g/mol. The van der Waals surface area contributed by atoms with Gasteiger partial charge >= 0.3 is 0 Å². The molecule has 0 saturated heterocycles. The third kappa shape index (κ3) is 1.93. The van der Waals surface area contributed by atoms with Crippen molar-refractivity contribution in [2.24, 2.45) is 0 Å². The van der Waals surface area contributed by atoms with E-state index in [1.807, 2.05) is 49.4 Å². The monoisotopic (exact) mass is 260 g/mol. The first-order valence-corrected chi connectivity index (χ1v) is 6.31. The molecule has 0 aromatic heterocycles. The number of halogens is 1. The van der Waals surface area contributed by atoms with E-state index in [9.17, 15) is 0 Å². The van der Waals surface area contributed by atoms with Crippen LogP contribution in [0.5, 0.6) is 11.5 Å². The van der Waals surface area contributed by atoms with E-state index in [0.29, 0.717) is 11.6 Å². The van der Waals surface area contributed by atoms with Gasteiger partial charge in [-0.05, 0) is 19.1 Å². The smallest absolute Gasteiger partial charge is 0.169 e. The Labute approximate surface area is 111 Å². The minimum Gasteiger partial charge on any atom is -0.486 e. The minimum atomic E-state index is 0.0566. The van der Waals surface area contributed by atoms with Gasteiger partial charge in [0.2, 0.25) is 0 Å². The first-order valence-electron chi connectivity index (χ1n) is 5.93. The van der Waals surface area contributed by atoms with Crippen LogP contribution in [-0.4, -0.2) is 12.7 Å². The van der Waals surface area contributed by atoms with Crippen LogP contribution < -0.4 is 9.47 Å². The van der Waals surface area contributed by atoms with Crippen LogP contribution in [-0.2, 0) is 0 Å². The highest BCUT2D eigenvalue weighted by molar-refractivity contribution is 6.33. The lowest BCUT2D eigenvalue weighted by molar-refractivity contribution is 0.105. The molecule has 0 amide bonds. The van der Waals surface area contributed by atoms with Crippen LogP contribution in [0.3, 0.4) is 0 Å². The quantitative estimate of drug-likeness (QED) is 0.766. The number of hydrogen-bond acceptors (Lipinski definition) is 2. The van der Waals surface area contributed by atoms with Crippen molar-refractivity contribution in [1.82, 2.24) is 0 Å². The summed E-state index contributed by atoms with van der Waals surface area (Å²) < 4.78 is 11.6. The van der Waals surface area contributed by atoms with E-state index in [1.54, 1.807) is 0 Å². The largest absolute Gasteiger partial charge is 0.486 e. The molecule has 0 saturated carbocycles. The molecule has 0 fully saturated rings. The van der Waals surface area contributed by atoms with Gasteiger partial charge in [-0.3, -0.25) is 0 Å². The Bertz CT molecular complexity index is 580. The number of benzene rings is 2. The molecule has 3 heteroatoms. The summed E-state index contributed by atoms with van der Waals surface area (Å²) in [6.07, 6.45) is 0.0566. The SMILES string of the molecule is CC1COc2cccc(-c3ccccc3Cl)c2O1. The zero-order valence-electron chi connectivity index (χ0n) is 10.0. The molecular formula is C15H13ClO2. The average Bonchev–Trinajstić information content (AvgIpc) is 2.39. The van der Waals surface area contributed by atoms with Gasteiger partial charge in [0.15, 0.2) is 11.5 Å². The van der Waals surface area contributed by atoms with Gasteiger partial charge in [0.25, 0.3) is 0 Å². The molecule has 1 heterocycles. The van der Waals surface area contributed by atoms with Gasteiger partial charge < -0.3 is 9.47 Å². The summed E-state index contributed by atoms with van der Waals surface area (Å²) in [7, 11) is 0. The Morgan fingerprint density at radius 1 is 1.06 bits per heavy atom. The minimum absolute atomic E-state index is 0.0566. The van der Waals surface area contributed by atoms with E-state index in [2.05, 4.69) is 0 Å². The second-order valence-electron chi connectivity index (χ2n) is 4.35. The highest BCUT2D eigenvalue weighted by atomic mass is 35.5. The molecule has 0 bridgehead atoms.